The molecule has 0 aliphatic carbocycles. The zero-order valence-corrected chi connectivity index (χ0v) is 10.7. The Balaban J connectivity index is 2.50. The number of hydrogen-bond acceptors (Lipinski definition) is 5. The van der Waals surface area contributed by atoms with Crippen LogP contribution in [0.15, 0.2) is 18.2 Å². The van der Waals surface area contributed by atoms with Crippen LogP contribution in [0.4, 0.5) is 10.1 Å². The third kappa shape index (κ3) is 2.19. The molecule has 0 atom stereocenters. The van der Waals surface area contributed by atoms with Crippen LogP contribution in [0.2, 0.25) is 0 Å². The number of anilines is 2. The molecule has 2 aromatic rings. The van der Waals surface area contributed by atoms with Crippen LogP contribution in [-0.2, 0) is 6.42 Å². The third-order valence-corrected chi connectivity index (χ3v) is 3.32. The van der Waals surface area contributed by atoms with Crippen LogP contribution >= 0.6 is 11.3 Å². The molecule has 90 valence electrons. The molecule has 1 heterocycles. The first kappa shape index (κ1) is 11.7. The average molecular weight is 249 g/mol. The molecule has 0 fully saturated rings. The number of ether oxygens (including phenoxy) is 1. The highest BCUT2D eigenvalue weighted by Gasteiger charge is 2.11. The Kier molecular flexibility index (Phi) is 3.19. The standard InChI is InChI=1S/C12H15N3OS/c1-3-7-6-8(4-5-9(7)16-2)10-11(13)17-12(14)15-10/h4-6H,3,13H2,1-2H3,(H2,14,15). The van der Waals surface area contributed by atoms with Gasteiger partial charge in [0.15, 0.2) is 5.13 Å². The minimum absolute atomic E-state index is 0.492. The van der Waals surface area contributed by atoms with E-state index >= 15 is 0 Å². The summed E-state index contributed by atoms with van der Waals surface area (Å²) >= 11 is 1.30. The lowest BCUT2D eigenvalue weighted by atomic mass is 10.1. The predicted octanol–water partition coefficient (Wildman–Crippen LogP) is 2.55. The van der Waals surface area contributed by atoms with Crippen LogP contribution in [0.1, 0.15) is 12.5 Å². The highest BCUT2D eigenvalue weighted by Crippen LogP contribution is 2.34. The highest BCUT2D eigenvalue weighted by molar-refractivity contribution is 7.19. The fourth-order valence-corrected chi connectivity index (χ4v) is 2.38. The van der Waals surface area contributed by atoms with Gasteiger partial charge in [-0.15, -0.1) is 0 Å². The highest BCUT2D eigenvalue weighted by atomic mass is 32.1. The van der Waals surface area contributed by atoms with Crippen molar-refractivity contribution in [2.75, 3.05) is 18.6 Å². The number of benzene rings is 1. The summed E-state index contributed by atoms with van der Waals surface area (Å²) in [6, 6.07) is 5.93. The largest absolute Gasteiger partial charge is 0.496 e. The van der Waals surface area contributed by atoms with Gasteiger partial charge in [0.2, 0.25) is 0 Å². The first-order valence-electron chi connectivity index (χ1n) is 5.34. The van der Waals surface area contributed by atoms with Gasteiger partial charge in [0, 0.05) is 5.56 Å². The molecule has 5 heteroatoms. The summed E-state index contributed by atoms with van der Waals surface area (Å²) in [4.78, 5) is 4.24. The Bertz CT molecular complexity index is 537. The van der Waals surface area contributed by atoms with Gasteiger partial charge in [0.05, 0.1) is 7.11 Å². The zero-order chi connectivity index (χ0) is 12.4. The van der Waals surface area contributed by atoms with E-state index in [0.29, 0.717) is 10.1 Å². The van der Waals surface area contributed by atoms with Crippen LogP contribution in [0.5, 0.6) is 5.75 Å². The number of nitrogens with zero attached hydrogens (tertiary/aromatic N) is 1. The van der Waals surface area contributed by atoms with Gasteiger partial charge >= 0.3 is 0 Å². The van der Waals surface area contributed by atoms with Crippen molar-refractivity contribution in [2.24, 2.45) is 0 Å². The van der Waals surface area contributed by atoms with E-state index in [1.54, 1.807) is 7.11 Å². The zero-order valence-electron chi connectivity index (χ0n) is 9.86. The van der Waals surface area contributed by atoms with Gasteiger partial charge in [0.25, 0.3) is 0 Å². The second kappa shape index (κ2) is 4.63. The first-order valence-corrected chi connectivity index (χ1v) is 6.16. The molecule has 1 aromatic carbocycles. The molecule has 0 saturated heterocycles. The SMILES string of the molecule is CCc1cc(-c2nc(N)sc2N)ccc1OC. The van der Waals surface area contributed by atoms with E-state index in [-0.39, 0.29) is 0 Å². The van der Waals surface area contributed by atoms with Crippen LogP contribution in [0.3, 0.4) is 0 Å². The van der Waals surface area contributed by atoms with E-state index in [0.717, 1.165) is 29.0 Å². The number of nitrogens with two attached hydrogens (primary N) is 2. The molecular weight excluding hydrogens is 234 g/mol. The number of aryl methyl sites for hydroxylation is 1. The van der Waals surface area contributed by atoms with Crippen LogP contribution < -0.4 is 16.2 Å². The summed E-state index contributed by atoms with van der Waals surface area (Å²) < 4.78 is 5.29. The lowest BCUT2D eigenvalue weighted by Crippen LogP contribution is -1.93. The van der Waals surface area contributed by atoms with Crippen molar-refractivity contribution < 1.29 is 4.74 Å². The van der Waals surface area contributed by atoms with Gasteiger partial charge in [-0.05, 0) is 30.2 Å². The Morgan fingerprint density at radius 2 is 2.12 bits per heavy atom. The van der Waals surface area contributed by atoms with Crippen LogP contribution in [0, 0.1) is 0 Å². The number of methoxy groups -OCH3 is 1. The topological polar surface area (TPSA) is 74.2 Å². The summed E-state index contributed by atoms with van der Waals surface area (Å²) in [6.07, 6.45) is 0.899. The minimum atomic E-state index is 0.492. The summed E-state index contributed by atoms with van der Waals surface area (Å²) in [6.45, 7) is 2.08. The van der Waals surface area contributed by atoms with E-state index in [1.807, 2.05) is 18.2 Å². The Morgan fingerprint density at radius 1 is 1.35 bits per heavy atom. The molecule has 4 N–H and O–H groups in total. The van der Waals surface area contributed by atoms with Gasteiger partial charge in [-0.1, -0.05) is 18.3 Å². The molecular formula is C12H15N3OS. The van der Waals surface area contributed by atoms with Gasteiger partial charge in [0.1, 0.15) is 16.4 Å². The smallest absolute Gasteiger partial charge is 0.182 e. The van der Waals surface area contributed by atoms with Gasteiger partial charge in [-0.3, -0.25) is 0 Å². The molecule has 4 nitrogen and oxygen atoms in total. The minimum Gasteiger partial charge on any atom is -0.496 e. The first-order chi connectivity index (χ1) is 8.15. The third-order valence-electron chi connectivity index (χ3n) is 2.60. The quantitative estimate of drug-likeness (QED) is 0.876. The number of nitrogen functional groups attached to an aromatic ring is 2. The molecule has 0 radical (unpaired) electrons. The van der Waals surface area contributed by atoms with Crippen LogP contribution in [-0.4, -0.2) is 12.1 Å². The maximum Gasteiger partial charge on any atom is 0.182 e. The predicted molar refractivity (Wildman–Crippen MR) is 72.3 cm³/mol. The molecule has 0 unspecified atom stereocenters. The molecule has 0 spiro atoms. The molecule has 0 amide bonds. The second-order valence-electron chi connectivity index (χ2n) is 3.65. The Hall–Kier alpha value is -1.75. The van der Waals surface area contributed by atoms with E-state index in [9.17, 15) is 0 Å². The molecule has 2 rings (SSSR count). The number of rotatable bonds is 3. The second-order valence-corrected chi connectivity index (χ2v) is 4.71. The molecule has 17 heavy (non-hydrogen) atoms. The van der Waals surface area contributed by atoms with Crippen molar-refractivity contribution in [3.63, 3.8) is 0 Å². The number of thiazole rings is 1. The summed E-state index contributed by atoms with van der Waals surface area (Å²) in [5.74, 6) is 0.887. The molecule has 0 bridgehead atoms. The van der Waals surface area contributed by atoms with E-state index < -0.39 is 0 Å². The molecule has 0 saturated carbocycles. The number of hydrogen-bond donors (Lipinski definition) is 2. The Morgan fingerprint density at radius 3 is 2.65 bits per heavy atom. The van der Waals surface area contributed by atoms with Crippen molar-refractivity contribution in [1.82, 2.24) is 4.98 Å². The van der Waals surface area contributed by atoms with Gasteiger partial charge in [-0.25, -0.2) is 4.98 Å². The normalized spacial score (nSPS) is 10.5. The van der Waals surface area contributed by atoms with Crippen LogP contribution in [0.25, 0.3) is 11.3 Å². The summed E-state index contributed by atoms with van der Waals surface area (Å²) in [5.41, 5.74) is 14.4. The van der Waals surface area contributed by atoms with Gasteiger partial charge in [-0.2, -0.15) is 0 Å². The fourth-order valence-electron chi connectivity index (χ4n) is 1.76. The van der Waals surface area contributed by atoms with Crippen molar-refractivity contribution >= 4 is 21.5 Å². The van der Waals surface area contributed by atoms with E-state index in [4.69, 9.17) is 16.2 Å². The lowest BCUT2D eigenvalue weighted by Gasteiger charge is -2.08. The van der Waals surface area contributed by atoms with Crippen molar-refractivity contribution in [2.45, 2.75) is 13.3 Å². The van der Waals surface area contributed by atoms with Crippen molar-refractivity contribution in [3.8, 4) is 17.0 Å². The maximum atomic E-state index is 5.88. The lowest BCUT2D eigenvalue weighted by molar-refractivity contribution is 0.410. The summed E-state index contributed by atoms with van der Waals surface area (Å²) in [7, 11) is 1.67. The average Bonchev–Trinajstić information content (AvgIpc) is 2.67. The van der Waals surface area contributed by atoms with Crippen molar-refractivity contribution in [1.29, 1.82) is 0 Å². The summed E-state index contributed by atoms with van der Waals surface area (Å²) in [5, 5.41) is 1.14. The molecule has 0 aliphatic heterocycles. The maximum absolute atomic E-state index is 5.88. The fraction of sp³-hybridized carbons (Fsp3) is 0.250. The Labute approximate surface area is 104 Å². The molecule has 1 aromatic heterocycles. The molecule has 0 aliphatic rings. The number of aromatic nitrogens is 1. The van der Waals surface area contributed by atoms with Gasteiger partial charge < -0.3 is 16.2 Å². The monoisotopic (exact) mass is 249 g/mol. The van der Waals surface area contributed by atoms with Crippen molar-refractivity contribution in [3.05, 3.63) is 23.8 Å². The van der Waals surface area contributed by atoms with E-state index in [2.05, 4.69) is 11.9 Å². The van der Waals surface area contributed by atoms with E-state index in [1.165, 1.54) is 11.3 Å².